The van der Waals surface area contributed by atoms with E-state index in [0.29, 0.717) is 25.5 Å². The fraction of sp³-hybridized carbons (Fsp3) is 0.556. The number of carbonyl (C=O) groups is 1. The van der Waals surface area contributed by atoms with E-state index < -0.39 is 0 Å². The van der Waals surface area contributed by atoms with Crippen LogP contribution in [0.1, 0.15) is 46.9 Å². The minimum absolute atomic E-state index is 0.0635. The smallest absolute Gasteiger partial charge is 0.270 e. The van der Waals surface area contributed by atoms with E-state index in [9.17, 15) is 9.90 Å². The third-order valence-electron chi connectivity index (χ3n) is 4.54. The minimum Gasteiger partial charge on any atom is -0.393 e. The van der Waals surface area contributed by atoms with Gasteiger partial charge in [0, 0.05) is 11.5 Å². The molecule has 1 unspecified atom stereocenters. The second kappa shape index (κ2) is 8.12. The molecule has 1 aliphatic carbocycles. The lowest BCUT2D eigenvalue weighted by molar-refractivity contribution is 0.0239. The maximum Gasteiger partial charge on any atom is 0.270 e. The van der Waals surface area contributed by atoms with Gasteiger partial charge < -0.3 is 15.2 Å². The van der Waals surface area contributed by atoms with Crippen molar-refractivity contribution >= 4 is 17.2 Å². The first-order valence-electron chi connectivity index (χ1n) is 8.73. The number of aromatic nitrogens is 2. The lowest BCUT2D eigenvalue weighted by Gasteiger charge is -2.37. The summed E-state index contributed by atoms with van der Waals surface area (Å²) in [4.78, 5) is 14.0. The Hall–Kier alpha value is -1.70. The third-order valence-corrected chi connectivity index (χ3v) is 5.50. The van der Waals surface area contributed by atoms with Crippen LogP contribution >= 0.6 is 11.3 Å². The molecule has 0 aliphatic heterocycles. The summed E-state index contributed by atoms with van der Waals surface area (Å²) in [5.41, 5.74) is 1.37. The molecule has 0 aromatic carbocycles. The van der Waals surface area contributed by atoms with Gasteiger partial charge in [0.1, 0.15) is 5.69 Å². The molecule has 1 saturated carbocycles. The molecule has 2 N–H and O–H groups in total. The summed E-state index contributed by atoms with van der Waals surface area (Å²) >= 11 is 1.63. The third kappa shape index (κ3) is 4.29. The zero-order chi connectivity index (χ0) is 17.8. The van der Waals surface area contributed by atoms with Crippen LogP contribution in [0.25, 0.3) is 0 Å². The van der Waals surface area contributed by atoms with Crippen LogP contribution in [-0.2, 0) is 11.3 Å². The minimum atomic E-state index is -0.247. The van der Waals surface area contributed by atoms with Crippen molar-refractivity contribution in [3.8, 4) is 0 Å². The van der Waals surface area contributed by atoms with Crippen molar-refractivity contribution in [1.29, 1.82) is 0 Å². The average Bonchev–Trinajstić information content (AvgIpc) is 3.20. The largest absolute Gasteiger partial charge is 0.393 e. The molecule has 1 fully saturated rings. The van der Waals surface area contributed by atoms with E-state index in [2.05, 4.69) is 10.4 Å². The Kier molecular flexibility index (Phi) is 5.88. The van der Waals surface area contributed by atoms with Crippen LogP contribution < -0.4 is 5.32 Å². The lowest BCUT2D eigenvalue weighted by atomic mass is 9.76. The first-order chi connectivity index (χ1) is 12.1. The Bertz CT molecular complexity index is 692. The van der Waals surface area contributed by atoms with E-state index in [4.69, 9.17) is 4.74 Å². The molecule has 0 spiro atoms. The number of ether oxygens (including phenoxy) is 1. The van der Waals surface area contributed by atoms with Gasteiger partial charge in [-0.15, -0.1) is 11.3 Å². The Morgan fingerprint density at radius 1 is 1.56 bits per heavy atom. The number of rotatable bonds is 8. The quantitative estimate of drug-likeness (QED) is 0.707. The van der Waals surface area contributed by atoms with Crippen LogP contribution in [0.2, 0.25) is 0 Å². The average molecular weight is 363 g/mol. The zero-order valence-electron chi connectivity index (χ0n) is 14.6. The molecule has 7 heteroatoms. The van der Waals surface area contributed by atoms with Crippen LogP contribution in [0, 0.1) is 12.8 Å². The fourth-order valence-electron chi connectivity index (χ4n) is 3.20. The predicted octanol–water partition coefficient (Wildman–Crippen LogP) is 2.53. The summed E-state index contributed by atoms with van der Waals surface area (Å²) in [6.07, 6.45) is 1.21. The number of thiophene rings is 1. The molecule has 6 nitrogen and oxygen atoms in total. The molecule has 1 amide bonds. The monoisotopic (exact) mass is 363 g/mol. The summed E-state index contributed by atoms with van der Waals surface area (Å²) in [7, 11) is 0. The van der Waals surface area contributed by atoms with Crippen molar-refractivity contribution in [1.82, 2.24) is 15.1 Å². The van der Waals surface area contributed by atoms with E-state index >= 15 is 0 Å². The summed E-state index contributed by atoms with van der Waals surface area (Å²) in [6.45, 7) is 5.55. The van der Waals surface area contributed by atoms with Crippen molar-refractivity contribution in [3.05, 3.63) is 39.8 Å². The number of nitrogens with zero attached hydrogens (tertiary/aromatic N) is 2. The number of hydrogen-bond donors (Lipinski definition) is 2. The maximum absolute atomic E-state index is 12.9. The molecule has 25 heavy (non-hydrogen) atoms. The first-order valence-corrected chi connectivity index (χ1v) is 9.61. The van der Waals surface area contributed by atoms with Gasteiger partial charge in [-0.1, -0.05) is 6.07 Å². The van der Waals surface area contributed by atoms with Crippen molar-refractivity contribution in [2.45, 2.75) is 45.4 Å². The van der Waals surface area contributed by atoms with Crippen molar-refractivity contribution in [2.24, 2.45) is 5.92 Å². The van der Waals surface area contributed by atoms with E-state index in [-0.39, 0.29) is 24.0 Å². The summed E-state index contributed by atoms with van der Waals surface area (Å²) in [6, 6.07) is 5.77. The number of aliphatic hydroxyl groups excluding tert-OH is 1. The molecule has 0 radical (unpaired) electrons. The van der Waals surface area contributed by atoms with Gasteiger partial charge in [0.15, 0.2) is 0 Å². The number of nitrogens with one attached hydrogen (secondary N) is 1. The van der Waals surface area contributed by atoms with Crippen LogP contribution in [0.15, 0.2) is 23.6 Å². The van der Waals surface area contributed by atoms with Crippen molar-refractivity contribution in [3.63, 3.8) is 0 Å². The number of amides is 1. The van der Waals surface area contributed by atoms with Gasteiger partial charge >= 0.3 is 0 Å². The van der Waals surface area contributed by atoms with Gasteiger partial charge in [-0.25, -0.2) is 0 Å². The number of carbonyl (C=O) groups excluding carboxylic acids is 1. The van der Waals surface area contributed by atoms with Crippen LogP contribution in [0.4, 0.5) is 0 Å². The normalized spacial score (nSPS) is 20.9. The van der Waals surface area contributed by atoms with E-state index in [1.807, 2.05) is 37.4 Å². The number of aliphatic hydroxyl groups is 1. The highest BCUT2D eigenvalue weighted by Crippen LogP contribution is 2.39. The van der Waals surface area contributed by atoms with Crippen molar-refractivity contribution < 1.29 is 14.6 Å². The SMILES string of the molecule is CCOCCn1nc(C)cc1C(=O)NC(c1cccs1)C1CC(O)C1. The molecule has 0 bridgehead atoms. The highest BCUT2D eigenvalue weighted by Gasteiger charge is 2.36. The van der Waals surface area contributed by atoms with Gasteiger partial charge in [0.25, 0.3) is 5.91 Å². The number of aryl methyl sites for hydroxylation is 1. The first kappa shape index (κ1) is 18.1. The topological polar surface area (TPSA) is 76.4 Å². The summed E-state index contributed by atoms with van der Waals surface area (Å²) < 4.78 is 7.09. The molecule has 0 saturated heterocycles. The second-order valence-electron chi connectivity index (χ2n) is 6.44. The van der Waals surface area contributed by atoms with Crippen LogP contribution in [0.5, 0.6) is 0 Å². The van der Waals surface area contributed by atoms with Crippen LogP contribution in [-0.4, -0.2) is 40.1 Å². The highest BCUT2D eigenvalue weighted by atomic mass is 32.1. The Morgan fingerprint density at radius 2 is 2.36 bits per heavy atom. The molecule has 136 valence electrons. The molecule has 2 aromatic heterocycles. The predicted molar refractivity (Wildman–Crippen MR) is 96.7 cm³/mol. The second-order valence-corrected chi connectivity index (χ2v) is 7.42. The lowest BCUT2D eigenvalue weighted by Crippen LogP contribution is -2.41. The Morgan fingerprint density at radius 3 is 3.00 bits per heavy atom. The molecule has 1 atom stereocenters. The molecule has 2 heterocycles. The van der Waals surface area contributed by atoms with Crippen molar-refractivity contribution in [2.75, 3.05) is 13.2 Å². The molecular weight excluding hydrogens is 338 g/mol. The van der Waals surface area contributed by atoms with Gasteiger partial charge in [0.2, 0.25) is 0 Å². The zero-order valence-corrected chi connectivity index (χ0v) is 15.5. The van der Waals surface area contributed by atoms with Gasteiger partial charge in [0.05, 0.1) is 31.0 Å². The van der Waals surface area contributed by atoms with Crippen LogP contribution in [0.3, 0.4) is 0 Å². The van der Waals surface area contributed by atoms with Gasteiger partial charge in [-0.05, 0) is 50.1 Å². The highest BCUT2D eigenvalue weighted by molar-refractivity contribution is 7.10. The molecular formula is C18H25N3O3S. The number of hydrogen-bond acceptors (Lipinski definition) is 5. The molecule has 3 rings (SSSR count). The Balaban J connectivity index is 1.73. The maximum atomic E-state index is 12.9. The molecule has 1 aliphatic rings. The van der Waals surface area contributed by atoms with E-state index in [1.54, 1.807) is 16.0 Å². The fourth-order valence-corrected chi connectivity index (χ4v) is 4.07. The van der Waals surface area contributed by atoms with Gasteiger partial charge in [-0.2, -0.15) is 5.10 Å². The van der Waals surface area contributed by atoms with E-state index in [0.717, 1.165) is 23.4 Å². The van der Waals surface area contributed by atoms with Gasteiger partial charge in [-0.3, -0.25) is 9.48 Å². The summed E-state index contributed by atoms with van der Waals surface area (Å²) in [5.74, 6) is 0.149. The summed E-state index contributed by atoms with van der Waals surface area (Å²) in [5, 5.41) is 19.2. The van der Waals surface area contributed by atoms with E-state index in [1.165, 1.54) is 0 Å². The Labute approximate surface area is 151 Å². The standard InChI is InChI=1S/C18H25N3O3S/c1-3-24-7-6-21-15(9-12(2)20-21)18(23)19-17(13-10-14(22)11-13)16-5-4-8-25-16/h4-5,8-9,13-14,17,22H,3,6-7,10-11H2,1-2H3,(H,19,23). The molecule has 2 aromatic rings.